The van der Waals surface area contributed by atoms with Crippen LogP contribution in [0.2, 0.25) is 0 Å². The van der Waals surface area contributed by atoms with Crippen molar-refractivity contribution in [2.45, 2.75) is 18.9 Å². The van der Waals surface area contributed by atoms with Gasteiger partial charge in [0, 0.05) is 29.4 Å². The van der Waals surface area contributed by atoms with E-state index in [1.54, 1.807) is 36.4 Å². The van der Waals surface area contributed by atoms with Crippen molar-refractivity contribution in [3.8, 4) is 17.0 Å². The summed E-state index contributed by atoms with van der Waals surface area (Å²) >= 11 is 0. The van der Waals surface area contributed by atoms with Crippen molar-refractivity contribution in [2.24, 2.45) is 0 Å². The molecule has 1 saturated heterocycles. The number of benzene rings is 2. The number of hydrogen-bond acceptors (Lipinski definition) is 3. The van der Waals surface area contributed by atoms with Crippen LogP contribution in [0, 0.1) is 11.6 Å². The van der Waals surface area contributed by atoms with E-state index >= 15 is 0 Å². The summed E-state index contributed by atoms with van der Waals surface area (Å²) in [5.41, 5.74) is 2.43. The van der Waals surface area contributed by atoms with E-state index in [1.807, 2.05) is 24.3 Å². The molecule has 0 bridgehead atoms. The zero-order valence-corrected chi connectivity index (χ0v) is 15.9. The third kappa shape index (κ3) is 3.58. The summed E-state index contributed by atoms with van der Waals surface area (Å²) in [5, 5.41) is 0. The number of amides is 1. The lowest BCUT2D eigenvalue weighted by Crippen LogP contribution is -2.31. The molecule has 1 aromatic heterocycles. The zero-order valence-electron chi connectivity index (χ0n) is 15.9. The molecule has 1 aliphatic rings. The van der Waals surface area contributed by atoms with Gasteiger partial charge in [0.25, 0.3) is 5.91 Å². The van der Waals surface area contributed by atoms with E-state index in [1.165, 1.54) is 6.07 Å². The molecule has 148 valence electrons. The molecular formula is C23H20F2N2O2. The number of aromatic nitrogens is 1. The number of carbonyl (C=O) groups is 1. The summed E-state index contributed by atoms with van der Waals surface area (Å²) in [4.78, 5) is 18.9. The Morgan fingerprint density at radius 1 is 1.10 bits per heavy atom. The second-order valence-corrected chi connectivity index (χ2v) is 6.94. The van der Waals surface area contributed by atoms with Gasteiger partial charge in [-0.1, -0.05) is 24.3 Å². The van der Waals surface area contributed by atoms with Crippen LogP contribution in [0.25, 0.3) is 11.1 Å². The first-order valence-electron chi connectivity index (χ1n) is 9.44. The predicted molar refractivity (Wildman–Crippen MR) is 106 cm³/mol. The van der Waals surface area contributed by atoms with Gasteiger partial charge in [-0.25, -0.2) is 13.8 Å². The summed E-state index contributed by atoms with van der Waals surface area (Å²) in [6, 6.07) is 14.5. The Bertz CT molecular complexity index is 1040. The van der Waals surface area contributed by atoms with E-state index in [9.17, 15) is 13.6 Å². The number of halogens is 2. The van der Waals surface area contributed by atoms with Crippen molar-refractivity contribution in [3.05, 3.63) is 83.6 Å². The van der Waals surface area contributed by atoms with Gasteiger partial charge in [0.05, 0.1) is 13.2 Å². The number of rotatable bonds is 4. The lowest BCUT2D eigenvalue weighted by atomic mass is 10.0. The molecule has 3 aromatic rings. The van der Waals surface area contributed by atoms with Crippen LogP contribution < -0.4 is 4.74 Å². The molecule has 29 heavy (non-hydrogen) atoms. The Kier molecular flexibility index (Phi) is 5.25. The first kappa shape index (κ1) is 19.1. The molecule has 1 fully saturated rings. The summed E-state index contributed by atoms with van der Waals surface area (Å²) in [6.07, 6.45) is 3.01. The summed E-state index contributed by atoms with van der Waals surface area (Å²) in [7, 11) is 1.56. The first-order chi connectivity index (χ1) is 14.1. The molecule has 0 N–H and O–H groups in total. The van der Waals surface area contributed by atoms with Crippen molar-refractivity contribution in [2.75, 3.05) is 13.7 Å². The van der Waals surface area contributed by atoms with E-state index in [-0.39, 0.29) is 11.5 Å². The highest BCUT2D eigenvalue weighted by atomic mass is 19.2. The van der Waals surface area contributed by atoms with E-state index in [0.29, 0.717) is 24.4 Å². The molecule has 0 unspecified atom stereocenters. The molecule has 1 amide bonds. The highest BCUT2D eigenvalue weighted by Gasteiger charge is 2.32. The summed E-state index contributed by atoms with van der Waals surface area (Å²) < 4.78 is 33.2. The average molecular weight is 394 g/mol. The molecular weight excluding hydrogens is 374 g/mol. The van der Waals surface area contributed by atoms with Crippen molar-refractivity contribution >= 4 is 5.91 Å². The van der Waals surface area contributed by atoms with Gasteiger partial charge >= 0.3 is 0 Å². The fourth-order valence-electron chi connectivity index (χ4n) is 3.84. The standard InChI is InChI=1S/C23H20F2N2O2/c1-29-22-17(6-3-13-26-22)15-9-11-16(12-10-15)23(28)27-14-4-8-20(27)18-5-2-7-19(24)21(18)25/h2-3,5-7,9-13,20H,4,8,14H2,1H3/t20-/m1/s1. The maximum Gasteiger partial charge on any atom is 0.254 e. The number of methoxy groups -OCH3 is 1. The van der Waals surface area contributed by atoms with Crippen LogP contribution in [0.4, 0.5) is 8.78 Å². The van der Waals surface area contributed by atoms with Crippen molar-refractivity contribution in [1.29, 1.82) is 0 Å². The topological polar surface area (TPSA) is 42.4 Å². The average Bonchev–Trinajstić information content (AvgIpc) is 3.25. The van der Waals surface area contributed by atoms with Gasteiger partial charge in [0.2, 0.25) is 5.88 Å². The molecule has 4 rings (SSSR count). The number of pyridine rings is 1. The van der Waals surface area contributed by atoms with Gasteiger partial charge in [-0.3, -0.25) is 4.79 Å². The maximum atomic E-state index is 14.3. The zero-order chi connectivity index (χ0) is 20.4. The Labute approximate surface area is 167 Å². The van der Waals surface area contributed by atoms with Crippen LogP contribution in [0.15, 0.2) is 60.8 Å². The molecule has 0 radical (unpaired) electrons. The molecule has 0 saturated carbocycles. The van der Waals surface area contributed by atoms with E-state index in [0.717, 1.165) is 23.6 Å². The van der Waals surface area contributed by atoms with E-state index in [2.05, 4.69) is 4.98 Å². The minimum Gasteiger partial charge on any atom is -0.481 e. The fourth-order valence-corrected chi connectivity index (χ4v) is 3.84. The number of hydrogen-bond donors (Lipinski definition) is 0. The summed E-state index contributed by atoms with van der Waals surface area (Å²) in [5.74, 6) is -1.46. The van der Waals surface area contributed by atoms with Crippen LogP contribution in [-0.2, 0) is 0 Å². The molecule has 6 heteroatoms. The maximum absolute atomic E-state index is 14.3. The fraction of sp³-hybridized carbons (Fsp3) is 0.217. The SMILES string of the molecule is COc1ncccc1-c1ccc(C(=O)N2CCC[C@@H]2c2cccc(F)c2F)cc1. The molecule has 1 atom stereocenters. The van der Waals surface area contributed by atoms with Crippen LogP contribution in [-0.4, -0.2) is 29.4 Å². The van der Waals surface area contributed by atoms with Crippen LogP contribution in [0.1, 0.15) is 34.8 Å². The first-order valence-corrected chi connectivity index (χ1v) is 9.44. The van der Waals surface area contributed by atoms with Crippen molar-refractivity contribution < 1.29 is 18.3 Å². The van der Waals surface area contributed by atoms with Crippen molar-refractivity contribution in [3.63, 3.8) is 0 Å². The highest BCUT2D eigenvalue weighted by molar-refractivity contribution is 5.95. The molecule has 2 heterocycles. The third-order valence-electron chi connectivity index (χ3n) is 5.26. The molecule has 0 aliphatic carbocycles. The van der Waals surface area contributed by atoms with Gasteiger partial charge in [-0.2, -0.15) is 0 Å². The van der Waals surface area contributed by atoms with Crippen LogP contribution in [0.3, 0.4) is 0 Å². The van der Waals surface area contributed by atoms with Crippen molar-refractivity contribution in [1.82, 2.24) is 9.88 Å². The second kappa shape index (κ2) is 7.99. The smallest absolute Gasteiger partial charge is 0.254 e. The number of nitrogens with zero attached hydrogens (tertiary/aromatic N) is 2. The largest absolute Gasteiger partial charge is 0.481 e. The quantitative estimate of drug-likeness (QED) is 0.625. The van der Waals surface area contributed by atoms with Gasteiger partial charge in [-0.05, 0) is 48.7 Å². The lowest BCUT2D eigenvalue weighted by Gasteiger charge is -2.25. The third-order valence-corrected chi connectivity index (χ3v) is 5.26. The highest BCUT2D eigenvalue weighted by Crippen LogP contribution is 2.35. The number of carbonyl (C=O) groups excluding carboxylic acids is 1. The normalized spacial score (nSPS) is 16.1. The van der Waals surface area contributed by atoms with Gasteiger partial charge < -0.3 is 9.64 Å². The van der Waals surface area contributed by atoms with E-state index in [4.69, 9.17) is 4.74 Å². The van der Waals surface area contributed by atoms with Crippen LogP contribution in [0.5, 0.6) is 5.88 Å². The van der Waals surface area contributed by atoms with Crippen LogP contribution >= 0.6 is 0 Å². The molecule has 0 spiro atoms. The minimum absolute atomic E-state index is 0.194. The van der Waals surface area contributed by atoms with Gasteiger partial charge in [-0.15, -0.1) is 0 Å². The lowest BCUT2D eigenvalue weighted by molar-refractivity contribution is 0.0733. The number of ether oxygens (including phenoxy) is 1. The Morgan fingerprint density at radius 3 is 2.66 bits per heavy atom. The molecule has 1 aliphatic heterocycles. The van der Waals surface area contributed by atoms with E-state index < -0.39 is 17.7 Å². The number of likely N-dealkylation sites (tertiary alicyclic amines) is 1. The Balaban J connectivity index is 1.60. The molecule has 2 aromatic carbocycles. The summed E-state index contributed by atoms with van der Waals surface area (Å²) in [6.45, 7) is 0.512. The van der Waals surface area contributed by atoms with Gasteiger partial charge in [0.15, 0.2) is 11.6 Å². The Hall–Kier alpha value is -3.28. The second-order valence-electron chi connectivity index (χ2n) is 6.94. The molecule has 4 nitrogen and oxygen atoms in total. The monoisotopic (exact) mass is 394 g/mol. The Morgan fingerprint density at radius 2 is 1.90 bits per heavy atom. The predicted octanol–water partition coefficient (Wildman–Crippen LogP) is 5.01. The van der Waals surface area contributed by atoms with Gasteiger partial charge in [0.1, 0.15) is 0 Å². The minimum atomic E-state index is -0.892.